The number of hydrogen-bond donors (Lipinski definition) is 1. The highest BCUT2D eigenvalue weighted by atomic mass is 32.2. The summed E-state index contributed by atoms with van der Waals surface area (Å²) in [4.78, 5) is 12.3. The normalized spacial score (nSPS) is 13.3. The molecule has 4 rings (SSSR count). The van der Waals surface area contributed by atoms with Gasteiger partial charge in [-0.3, -0.25) is 4.79 Å². The quantitative estimate of drug-likeness (QED) is 0.531. The van der Waals surface area contributed by atoms with Crippen LogP contribution in [-0.4, -0.2) is 26.4 Å². The zero-order valence-corrected chi connectivity index (χ0v) is 17.4. The van der Waals surface area contributed by atoms with Crippen LogP contribution in [0.2, 0.25) is 0 Å². The molecular weight excluding hydrogens is 384 g/mol. The van der Waals surface area contributed by atoms with Crippen molar-refractivity contribution in [3.63, 3.8) is 0 Å². The molecule has 1 heterocycles. The van der Waals surface area contributed by atoms with Crippen molar-refractivity contribution in [3.8, 4) is 11.5 Å². The van der Waals surface area contributed by atoms with E-state index in [-0.39, 0.29) is 5.91 Å². The number of hydrogen-bond acceptors (Lipinski definition) is 5. The number of anilines is 1. The number of aryl methyl sites for hydroxylation is 1. The summed E-state index contributed by atoms with van der Waals surface area (Å²) in [5.41, 5.74) is 1.88. The number of carbonyl (C=O) groups is 1. The van der Waals surface area contributed by atoms with Crippen LogP contribution in [0.15, 0.2) is 53.7 Å². The first-order valence-electron chi connectivity index (χ1n) is 9.82. The molecule has 0 saturated heterocycles. The summed E-state index contributed by atoms with van der Waals surface area (Å²) in [6, 6.07) is 15.3. The minimum Gasteiger partial charge on any atom is -0.457 e. The minimum atomic E-state index is -0.0685. The number of nitrogens with one attached hydrogen (secondary N) is 1. The molecule has 1 fully saturated rings. The van der Waals surface area contributed by atoms with Gasteiger partial charge in [0, 0.05) is 18.2 Å². The van der Waals surface area contributed by atoms with Gasteiger partial charge in [-0.15, -0.1) is 10.2 Å². The predicted octanol–water partition coefficient (Wildman–Crippen LogP) is 5.01. The lowest BCUT2D eigenvalue weighted by atomic mass is 10.2. The summed E-state index contributed by atoms with van der Waals surface area (Å²) in [6.07, 6.45) is 2.37. The standard InChI is InChI=1S/C22H24N4O2S/c1-3-26-21(16-7-8-16)24-25-22(26)29-14-20(27)23-17-9-11-18(12-10-17)28-19-6-4-5-15(2)13-19/h4-6,9-13,16H,3,7-8,14H2,1-2H3,(H,23,27). The lowest BCUT2D eigenvalue weighted by Crippen LogP contribution is -2.14. The van der Waals surface area contributed by atoms with E-state index in [0.717, 1.165) is 40.3 Å². The SMILES string of the molecule is CCn1c(SCC(=O)Nc2ccc(Oc3cccc(C)c3)cc2)nnc1C1CC1. The van der Waals surface area contributed by atoms with E-state index in [0.29, 0.717) is 11.7 Å². The molecule has 1 aliphatic rings. The summed E-state index contributed by atoms with van der Waals surface area (Å²) in [5, 5.41) is 12.3. The number of ether oxygens (including phenoxy) is 1. The van der Waals surface area contributed by atoms with Crippen LogP contribution in [0.5, 0.6) is 11.5 Å². The van der Waals surface area contributed by atoms with Gasteiger partial charge in [0.25, 0.3) is 0 Å². The second-order valence-electron chi connectivity index (χ2n) is 7.14. The molecule has 1 aliphatic carbocycles. The third kappa shape index (κ3) is 4.98. The first-order valence-corrected chi connectivity index (χ1v) is 10.8. The Hall–Kier alpha value is -2.80. The number of nitrogens with zero attached hydrogens (tertiary/aromatic N) is 3. The monoisotopic (exact) mass is 408 g/mol. The van der Waals surface area contributed by atoms with E-state index < -0.39 is 0 Å². The van der Waals surface area contributed by atoms with Crippen LogP contribution in [0.1, 0.15) is 37.1 Å². The van der Waals surface area contributed by atoms with Gasteiger partial charge in [0.1, 0.15) is 17.3 Å². The fourth-order valence-electron chi connectivity index (χ4n) is 3.10. The van der Waals surface area contributed by atoms with Gasteiger partial charge < -0.3 is 14.6 Å². The lowest BCUT2D eigenvalue weighted by Gasteiger charge is -2.09. The van der Waals surface area contributed by atoms with Crippen LogP contribution in [0, 0.1) is 6.92 Å². The van der Waals surface area contributed by atoms with Gasteiger partial charge in [-0.05, 0) is 68.7 Å². The fourth-order valence-corrected chi connectivity index (χ4v) is 3.91. The van der Waals surface area contributed by atoms with Crippen molar-refractivity contribution in [2.75, 3.05) is 11.1 Å². The van der Waals surface area contributed by atoms with E-state index in [2.05, 4.69) is 27.0 Å². The van der Waals surface area contributed by atoms with E-state index in [4.69, 9.17) is 4.74 Å². The zero-order valence-electron chi connectivity index (χ0n) is 16.6. The molecule has 0 bridgehead atoms. The highest BCUT2D eigenvalue weighted by Crippen LogP contribution is 2.40. The smallest absolute Gasteiger partial charge is 0.234 e. The maximum absolute atomic E-state index is 12.3. The van der Waals surface area contributed by atoms with Gasteiger partial charge in [-0.1, -0.05) is 23.9 Å². The third-order valence-corrected chi connectivity index (χ3v) is 5.67. The van der Waals surface area contributed by atoms with Crippen molar-refractivity contribution in [1.82, 2.24) is 14.8 Å². The maximum Gasteiger partial charge on any atom is 0.234 e. The Labute approximate surface area is 174 Å². The van der Waals surface area contributed by atoms with Crippen LogP contribution in [0.4, 0.5) is 5.69 Å². The van der Waals surface area contributed by atoms with Crippen LogP contribution in [-0.2, 0) is 11.3 Å². The van der Waals surface area contributed by atoms with Crippen molar-refractivity contribution in [2.45, 2.75) is 44.3 Å². The van der Waals surface area contributed by atoms with Crippen molar-refractivity contribution in [1.29, 1.82) is 0 Å². The highest BCUT2D eigenvalue weighted by molar-refractivity contribution is 7.99. The first kappa shape index (κ1) is 19.5. The minimum absolute atomic E-state index is 0.0685. The van der Waals surface area contributed by atoms with Crippen molar-refractivity contribution >= 4 is 23.4 Å². The Morgan fingerprint density at radius 1 is 1.17 bits per heavy atom. The van der Waals surface area contributed by atoms with Gasteiger partial charge in [0.2, 0.25) is 5.91 Å². The van der Waals surface area contributed by atoms with Gasteiger partial charge >= 0.3 is 0 Å². The zero-order chi connectivity index (χ0) is 20.2. The molecule has 1 aromatic heterocycles. The number of rotatable bonds is 8. The van der Waals surface area contributed by atoms with Crippen molar-refractivity contribution in [3.05, 3.63) is 59.9 Å². The molecule has 0 spiro atoms. The first-order chi connectivity index (χ1) is 14.1. The molecule has 1 amide bonds. The molecule has 6 nitrogen and oxygen atoms in total. The van der Waals surface area contributed by atoms with E-state index in [1.54, 1.807) is 0 Å². The Balaban J connectivity index is 1.30. The summed E-state index contributed by atoms with van der Waals surface area (Å²) < 4.78 is 7.96. The lowest BCUT2D eigenvalue weighted by molar-refractivity contribution is -0.113. The van der Waals surface area contributed by atoms with Crippen LogP contribution in [0.3, 0.4) is 0 Å². The van der Waals surface area contributed by atoms with Gasteiger partial charge in [-0.2, -0.15) is 0 Å². The molecule has 0 aliphatic heterocycles. The van der Waals surface area contributed by atoms with Gasteiger partial charge in [0.05, 0.1) is 5.75 Å². The molecule has 1 N–H and O–H groups in total. The third-order valence-electron chi connectivity index (χ3n) is 4.70. The number of benzene rings is 2. The summed E-state index contributed by atoms with van der Waals surface area (Å²) in [5.74, 6) is 3.35. The average Bonchev–Trinajstić information content (AvgIpc) is 3.47. The van der Waals surface area contributed by atoms with E-state index in [1.165, 1.54) is 24.6 Å². The largest absolute Gasteiger partial charge is 0.457 e. The number of thioether (sulfide) groups is 1. The molecule has 0 unspecified atom stereocenters. The molecule has 150 valence electrons. The van der Waals surface area contributed by atoms with Crippen molar-refractivity contribution < 1.29 is 9.53 Å². The van der Waals surface area contributed by atoms with E-state index >= 15 is 0 Å². The molecule has 7 heteroatoms. The summed E-state index contributed by atoms with van der Waals surface area (Å²) in [6.45, 7) is 4.93. The molecule has 29 heavy (non-hydrogen) atoms. The topological polar surface area (TPSA) is 69.0 Å². The van der Waals surface area contributed by atoms with E-state index in [1.807, 2.05) is 55.5 Å². The molecule has 3 aromatic rings. The molecular formula is C22H24N4O2S. The van der Waals surface area contributed by atoms with Gasteiger partial charge in [0.15, 0.2) is 5.16 Å². The fraction of sp³-hybridized carbons (Fsp3) is 0.318. The summed E-state index contributed by atoms with van der Waals surface area (Å²) >= 11 is 1.42. The van der Waals surface area contributed by atoms with Crippen LogP contribution in [0.25, 0.3) is 0 Å². The van der Waals surface area contributed by atoms with Crippen LogP contribution < -0.4 is 10.1 Å². The summed E-state index contributed by atoms with van der Waals surface area (Å²) in [7, 11) is 0. The highest BCUT2D eigenvalue weighted by Gasteiger charge is 2.30. The number of carbonyl (C=O) groups excluding carboxylic acids is 1. The van der Waals surface area contributed by atoms with Crippen molar-refractivity contribution in [2.24, 2.45) is 0 Å². The number of amides is 1. The Bertz CT molecular complexity index is 996. The van der Waals surface area contributed by atoms with Crippen LogP contribution >= 0.6 is 11.8 Å². The number of aromatic nitrogens is 3. The second-order valence-corrected chi connectivity index (χ2v) is 8.08. The second kappa shape index (κ2) is 8.69. The average molecular weight is 409 g/mol. The Morgan fingerprint density at radius 3 is 2.66 bits per heavy atom. The Kier molecular flexibility index (Phi) is 5.85. The molecule has 1 saturated carbocycles. The van der Waals surface area contributed by atoms with E-state index in [9.17, 15) is 4.79 Å². The van der Waals surface area contributed by atoms with Gasteiger partial charge in [-0.25, -0.2) is 0 Å². The maximum atomic E-state index is 12.3. The molecule has 0 radical (unpaired) electrons. The molecule has 2 aromatic carbocycles. The molecule has 0 atom stereocenters. The Morgan fingerprint density at radius 2 is 1.97 bits per heavy atom. The predicted molar refractivity (Wildman–Crippen MR) is 115 cm³/mol.